The van der Waals surface area contributed by atoms with Crippen molar-refractivity contribution in [1.29, 1.82) is 5.26 Å². The number of aliphatic carboxylic acids is 1. The summed E-state index contributed by atoms with van der Waals surface area (Å²) in [4.78, 5) is 22.3. The average molecular weight is 248 g/mol. The van der Waals surface area contributed by atoms with E-state index in [1.807, 2.05) is 0 Å². The normalized spacial score (nSPS) is 20.9. The molecule has 2 atom stereocenters. The molecule has 18 heavy (non-hydrogen) atoms. The third-order valence-corrected chi connectivity index (χ3v) is 2.80. The Morgan fingerprint density at radius 1 is 1.44 bits per heavy atom. The first-order chi connectivity index (χ1) is 8.52. The van der Waals surface area contributed by atoms with Crippen molar-refractivity contribution in [1.82, 2.24) is 0 Å². The summed E-state index contributed by atoms with van der Waals surface area (Å²) in [6, 6.07) is 5.18. The monoisotopic (exact) mass is 248 g/mol. The number of hydrogen-bond acceptors (Lipinski definition) is 3. The Morgan fingerprint density at radius 2 is 2.17 bits per heavy atom. The maximum absolute atomic E-state index is 12.9. The largest absolute Gasteiger partial charge is 0.481 e. The van der Waals surface area contributed by atoms with Crippen LogP contribution >= 0.6 is 0 Å². The number of carboxylic acid groups (broad SMARTS) is 1. The fourth-order valence-electron chi connectivity index (χ4n) is 1.70. The number of halogens is 1. The summed E-state index contributed by atoms with van der Waals surface area (Å²) in [6.07, 6.45) is 0.296. The Balaban J connectivity index is 2.09. The highest BCUT2D eigenvalue weighted by Crippen LogP contribution is 2.39. The van der Waals surface area contributed by atoms with Crippen molar-refractivity contribution < 1.29 is 19.1 Å². The van der Waals surface area contributed by atoms with E-state index < -0.39 is 29.5 Å². The summed E-state index contributed by atoms with van der Waals surface area (Å²) in [6.45, 7) is 0. The van der Waals surface area contributed by atoms with Gasteiger partial charge in [0.2, 0.25) is 5.91 Å². The predicted molar refractivity (Wildman–Crippen MR) is 59.0 cm³/mol. The Bertz CT molecular complexity index is 565. The van der Waals surface area contributed by atoms with Crippen LogP contribution in [0.1, 0.15) is 12.0 Å². The molecular weight excluding hydrogens is 239 g/mol. The Kier molecular flexibility index (Phi) is 2.98. The molecule has 5 nitrogen and oxygen atoms in total. The highest BCUT2D eigenvalue weighted by molar-refractivity contribution is 5.99. The van der Waals surface area contributed by atoms with E-state index in [2.05, 4.69) is 5.32 Å². The molecule has 6 heteroatoms. The molecule has 1 saturated carbocycles. The van der Waals surface area contributed by atoms with Gasteiger partial charge in [-0.05, 0) is 24.6 Å². The third-order valence-electron chi connectivity index (χ3n) is 2.80. The van der Waals surface area contributed by atoms with Gasteiger partial charge in [-0.2, -0.15) is 5.26 Å². The van der Waals surface area contributed by atoms with Crippen LogP contribution in [0.15, 0.2) is 18.2 Å². The number of anilines is 1. The second-order valence-corrected chi connectivity index (χ2v) is 4.08. The maximum Gasteiger partial charge on any atom is 0.307 e. The smallest absolute Gasteiger partial charge is 0.307 e. The van der Waals surface area contributed by atoms with Crippen molar-refractivity contribution in [2.75, 3.05) is 5.32 Å². The lowest BCUT2D eigenvalue weighted by molar-refractivity contribution is -0.139. The Hall–Kier alpha value is -2.42. The maximum atomic E-state index is 12.9. The highest BCUT2D eigenvalue weighted by Gasteiger charge is 2.48. The molecule has 1 aliphatic rings. The van der Waals surface area contributed by atoms with Gasteiger partial charge in [0, 0.05) is 0 Å². The first-order valence-corrected chi connectivity index (χ1v) is 5.26. The van der Waals surface area contributed by atoms with Gasteiger partial charge in [0.25, 0.3) is 0 Å². The topological polar surface area (TPSA) is 90.2 Å². The number of nitrogens with zero attached hydrogens (tertiary/aromatic N) is 1. The molecule has 1 amide bonds. The molecule has 2 unspecified atom stereocenters. The predicted octanol–water partition coefficient (Wildman–Crippen LogP) is 1.36. The van der Waals surface area contributed by atoms with Crippen LogP contribution in [-0.2, 0) is 9.59 Å². The van der Waals surface area contributed by atoms with E-state index in [4.69, 9.17) is 10.4 Å². The van der Waals surface area contributed by atoms with E-state index in [9.17, 15) is 14.0 Å². The number of amides is 1. The number of carbonyl (C=O) groups is 2. The lowest BCUT2D eigenvalue weighted by Gasteiger charge is -2.06. The fourth-order valence-corrected chi connectivity index (χ4v) is 1.70. The van der Waals surface area contributed by atoms with Crippen LogP contribution in [0.3, 0.4) is 0 Å². The van der Waals surface area contributed by atoms with E-state index >= 15 is 0 Å². The zero-order valence-corrected chi connectivity index (χ0v) is 9.18. The zero-order valence-electron chi connectivity index (χ0n) is 9.18. The molecule has 1 aromatic rings. The van der Waals surface area contributed by atoms with Gasteiger partial charge < -0.3 is 10.4 Å². The summed E-state index contributed by atoms with van der Waals surface area (Å²) in [5.74, 6) is -3.25. The van der Waals surface area contributed by atoms with Gasteiger partial charge in [-0.1, -0.05) is 0 Å². The van der Waals surface area contributed by atoms with Crippen molar-refractivity contribution in [3.63, 3.8) is 0 Å². The van der Waals surface area contributed by atoms with Crippen LogP contribution in [0, 0.1) is 29.0 Å². The van der Waals surface area contributed by atoms with E-state index in [1.165, 1.54) is 6.07 Å². The number of benzene rings is 1. The van der Waals surface area contributed by atoms with Gasteiger partial charge in [-0.25, -0.2) is 4.39 Å². The summed E-state index contributed by atoms with van der Waals surface area (Å²) in [5, 5.41) is 19.9. The van der Waals surface area contributed by atoms with E-state index in [1.54, 1.807) is 6.07 Å². The minimum absolute atomic E-state index is 0.0101. The lowest BCUT2D eigenvalue weighted by atomic mass is 10.2. The van der Waals surface area contributed by atoms with E-state index in [-0.39, 0.29) is 11.3 Å². The standard InChI is InChI=1S/C12H9FN2O3/c13-7-1-2-10(6(3-7)5-14)15-11(16)8-4-9(8)12(17)18/h1-3,8-9H,4H2,(H,15,16)(H,17,18). The van der Waals surface area contributed by atoms with Gasteiger partial charge in [-0.15, -0.1) is 0 Å². The molecule has 1 fully saturated rings. The molecule has 0 radical (unpaired) electrons. The minimum atomic E-state index is -1.00. The van der Waals surface area contributed by atoms with Crippen LogP contribution in [0.5, 0.6) is 0 Å². The molecule has 0 bridgehead atoms. The van der Waals surface area contributed by atoms with Gasteiger partial charge in [-0.3, -0.25) is 9.59 Å². The molecule has 1 aliphatic carbocycles. The van der Waals surface area contributed by atoms with Crippen molar-refractivity contribution >= 4 is 17.6 Å². The molecule has 2 rings (SSSR count). The zero-order chi connectivity index (χ0) is 13.3. The van der Waals surface area contributed by atoms with Crippen molar-refractivity contribution in [3.8, 4) is 6.07 Å². The second-order valence-electron chi connectivity index (χ2n) is 4.08. The number of carboxylic acids is 1. The SMILES string of the molecule is N#Cc1cc(F)ccc1NC(=O)C1CC1C(=O)O. The average Bonchev–Trinajstić information content (AvgIpc) is 3.11. The number of carbonyl (C=O) groups excluding carboxylic acids is 1. The van der Waals surface area contributed by atoms with Crippen LogP contribution in [-0.4, -0.2) is 17.0 Å². The minimum Gasteiger partial charge on any atom is -0.481 e. The van der Waals surface area contributed by atoms with Crippen molar-refractivity contribution in [3.05, 3.63) is 29.6 Å². The molecule has 0 heterocycles. The highest BCUT2D eigenvalue weighted by atomic mass is 19.1. The quantitative estimate of drug-likeness (QED) is 0.844. The molecule has 0 aromatic heterocycles. The Labute approximate surface area is 102 Å². The first-order valence-electron chi connectivity index (χ1n) is 5.26. The summed E-state index contributed by atoms with van der Waals surface area (Å²) >= 11 is 0. The molecule has 0 spiro atoms. The van der Waals surface area contributed by atoms with Crippen LogP contribution in [0.4, 0.5) is 10.1 Å². The third kappa shape index (κ3) is 2.30. The van der Waals surface area contributed by atoms with Gasteiger partial charge in [0.1, 0.15) is 11.9 Å². The summed E-state index contributed by atoms with van der Waals surface area (Å²) in [5.41, 5.74) is 0.204. The van der Waals surface area contributed by atoms with Crippen LogP contribution < -0.4 is 5.32 Å². The molecule has 92 valence electrons. The summed E-state index contributed by atoms with van der Waals surface area (Å²) in [7, 11) is 0. The summed E-state index contributed by atoms with van der Waals surface area (Å²) < 4.78 is 12.9. The molecule has 2 N–H and O–H groups in total. The lowest BCUT2D eigenvalue weighted by Crippen LogP contribution is -2.17. The number of nitrogens with one attached hydrogen (secondary N) is 1. The number of hydrogen-bond donors (Lipinski definition) is 2. The molecular formula is C12H9FN2O3. The molecule has 1 aromatic carbocycles. The number of rotatable bonds is 3. The first kappa shape index (κ1) is 12.0. The van der Waals surface area contributed by atoms with Gasteiger partial charge in [0.15, 0.2) is 0 Å². The van der Waals surface area contributed by atoms with Gasteiger partial charge >= 0.3 is 5.97 Å². The van der Waals surface area contributed by atoms with Crippen LogP contribution in [0.25, 0.3) is 0 Å². The van der Waals surface area contributed by atoms with E-state index in [0.29, 0.717) is 6.42 Å². The van der Waals surface area contributed by atoms with Crippen LogP contribution in [0.2, 0.25) is 0 Å². The fraction of sp³-hybridized carbons (Fsp3) is 0.250. The number of nitriles is 1. The van der Waals surface area contributed by atoms with Crippen molar-refractivity contribution in [2.24, 2.45) is 11.8 Å². The second kappa shape index (κ2) is 4.45. The van der Waals surface area contributed by atoms with Crippen molar-refractivity contribution in [2.45, 2.75) is 6.42 Å². The van der Waals surface area contributed by atoms with Gasteiger partial charge in [0.05, 0.1) is 23.1 Å². The Morgan fingerprint density at radius 3 is 2.72 bits per heavy atom. The van der Waals surface area contributed by atoms with E-state index in [0.717, 1.165) is 12.1 Å². The molecule has 0 aliphatic heterocycles. The molecule has 0 saturated heterocycles.